The summed E-state index contributed by atoms with van der Waals surface area (Å²) in [6.07, 6.45) is 3.88. The van der Waals surface area contributed by atoms with Crippen LogP contribution in [0.1, 0.15) is 18.6 Å². The van der Waals surface area contributed by atoms with Crippen LogP contribution in [-0.2, 0) is 11.3 Å². The van der Waals surface area contributed by atoms with Crippen LogP contribution in [0, 0.1) is 0 Å². The molecule has 0 radical (unpaired) electrons. The molecule has 3 heterocycles. The summed E-state index contributed by atoms with van der Waals surface area (Å²) >= 11 is 2.91. The SMILES string of the molecule is O=C(CSc1nnc(NCc2ccco2)s1)N1CCCC1. The number of carbonyl (C=O) groups is 1. The summed E-state index contributed by atoms with van der Waals surface area (Å²) in [5.74, 6) is 1.48. The van der Waals surface area contributed by atoms with Crippen LogP contribution in [0.15, 0.2) is 27.2 Å². The molecule has 112 valence electrons. The Bertz CT molecular complexity index is 579. The zero-order chi connectivity index (χ0) is 14.5. The molecule has 1 saturated heterocycles. The molecule has 1 amide bonds. The molecule has 0 unspecified atom stereocenters. The number of furan rings is 1. The van der Waals surface area contributed by atoms with E-state index in [2.05, 4.69) is 15.5 Å². The summed E-state index contributed by atoms with van der Waals surface area (Å²) in [4.78, 5) is 13.9. The van der Waals surface area contributed by atoms with Gasteiger partial charge in [0, 0.05) is 13.1 Å². The summed E-state index contributed by atoms with van der Waals surface area (Å²) in [7, 11) is 0. The van der Waals surface area contributed by atoms with Crippen molar-refractivity contribution in [3.05, 3.63) is 24.2 Å². The number of nitrogens with zero attached hydrogens (tertiary/aromatic N) is 3. The largest absolute Gasteiger partial charge is 0.467 e. The van der Waals surface area contributed by atoms with Crippen molar-refractivity contribution in [3.8, 4) is 0 Å². The Hall–Kier alpha value is -1.54. The van der Waals surface area contributed by atoms with Gasteiger partial charge in [-0.05, 0) is 25.0 Å². The van der Waals surface area contributed by atoms with E-state index < -0.39 is 0 Å². The number of carbonyl (C=O) groups excluding carboxylic acids is 1. The van der Waals surface area contributed by atoms with Gasteiger partial charge in [-0.3, -0.25) is 4.79 Å². The van der Waals surface area contributed by atoms with E-state index in [0.29, 0.717) is 12.3 Å². The van der Waals surface area contributed by atoms with Gasteiger partial charge in [0.15, 0.2) is 4.34 Å². The number of rotatable bonds is 6. The number of thioether (sulfide) groups is 1. The molecule has 0 aromatic carbocycles. The molecule has 2 aromatic heterocycles. The number of hydrogen-bond acceptors (Lipinski definition) is 7. The Morgan fingerprint density at radius 3 is 3.05 bits per heavy atom. The fourth-order valence-electron chi connectivity index (χ4n) is 2.10. The summed E-state index contributed by atoms with van der Waals surface area (Å²) in [5.41, 5.74) is 0. The molecule has 0 spiro atoms. The highest BCUT2D eigenvalue weighted by atomic mass is 32.2. The van der Waals surface area contributed by atoms with Gasteiger partial charge in [0.25, 0.3) is 0 Å². The van der Waals surface area contributed by atoms with Crippen LogP contribution in [-0.4, -0.2) is 39.8 Å². The van der Waals surface area contributed by atoms with Crippen molar-refractivity contribution in [1.82, 2.24) is 15.1 Å². The van der Waals surface area contributed by atoms with Gasteiger partial charge < -0.3 is 14.6 Å². The first kappa shape index (κ1) is 14.4. The number of amides is 1. The van der Waals surface area contributed by atoms with Crippen LogP contribution in [0.3, 0.4) is 0 Å². The van der Waals surface area contributed by atoms with Gasteiger partial charge in [-0.25, -0.2) is 0 Å². The van der Waals surface area contributed by atoms with Crippen LogP contribution in [0.25, 0.3) is 0 Å². The predicted octanol–water partition coefficient (Wildman–Crippen LogP) is 2.46. The van der Waals surface area contributed by atoms with Crippen molar-refractivity contribution in [2.24, 2.45) is 0 Å². The van der Waals surface area contributed by atoms with Crippen LogP contribution in [0.5, 0.6) is 0 Å². The summed E-state index contributed by atoms with van der Waals surface area (Å²) in [6, 6.07) is 3.75. The zero-order valence-corrected chi connectivity index (χ0v) is 13.1. The Morgan fingerprint density at radius 1 is 1.43 bits per heavy atom. The molecule has 21 heavy (non-hydrogen) atoms. The average Bonchev–Trinajstić information content (AvgIpc) is 3.24. The van der Waals surface area contributed by atoms with Crippen molar-refractivity contribution >= 4 is 34.1 Å². The van der Waals surface area contributed by atoms with Crippen LogP contribution in [0.4, 0.5) is 5.13 Å². The Labute approximate surface area is 130 Å². The minimum absolute atomic E-state index is 0.192. The Kier molecular flexibility index (Phi) is 4.76. The van der Waals surface area contributed by atoms with Crippen LogP contribution >= 0.6 is 23.1 Å². The number of hydrogen-bond donors (Lipinski definition) is 1. The predicted molar refractivity (Wildman–Crippen MR) is 82.5 cm³/mol. The number of nitrogens with one attached hydrogen (secondary N) is 1. The third-order valence-electron chi connectivity index (χ3n) is 3.18. The lowest BCUT2D eigenvalue weighted by Crippen LogP contribution is -2.29. The Balaban J connectivity index is 1.45. The smallest absolute Gasteiger partial charge is 0.233 e. The van der Waals surface area contributed by atoms with Gasteiger partial charge in [0.05, 0.1) is 18.6 Å². The summed E-state index contributed by atoms with van der Waals surface area (Å²) in [5, 5.41) is 12.0. The lowest BCUT2D eigenvalue weighted by Gasteiger charge is -2.13. The number of anilines is 1. The van der Waals surface area contributed by atoms with E-state index in [1.807, 2.05) is 17.0 Å². The highest BCUT2D eigenvalue weighted by molar-refractivity contribution is 8.01. The molecular formula is C13H16N4O2S2. The Morgan fingerprint density at radius 2 is 2.29 bits per heavy atom. The molecule has 3 rings (SSSR count). The molecule has 1 aliphatic rings. The summed E-state index contributed by atoms with van der Waals surface area (Å²) < 4.78 is 6.05. The van der Waals surface area contributed by atoms with Gasteiger partial charge >= 0.3 is 0 Å². The van der Waals surface area contributed by atoms with Gasteiger partial charge in [-0.2, -0.15) is 0 Å². The first-order valence-corrected chi connectivity index (χ1v) is 8.62. The second-order valence-electron chi connectivity index (χ2n) is 4.68. The standard InChI is InChI=1S/C13H16N4O2S2/c18-11(17-5-1-2-6-17)9-20-13-16-15-12(21-13)14-8-10-4-3-7-19-10/h3-4,7H,1-2,5-6,8-9H2,(H,14,15). The zero-order valence-electron chi connectivity index (χ0n) is 11.4. The number of aromatic nitrogens is 2. The van der Waals surface area contributed by atoms with Crippen molar-refractivity contribution in [2.45, 2.75) is 23.7 Å². The average molecular weight is 324 g/mol. The van der Waals surface area contributed by atoms with E-state index in [9.17, 15) is 4.79 Å². The van der Waals surface area contributed by atoms with E-state index >= 15 is 0 Å². The van der Waals surface area contributed by atoms with E-state index in [1.165, 1.54) is 23.1 Å². The number of likely N-dealkylation sites (tertiary alicyclic amines) is 1. The second kappa shape index (κ2) is 6.95. The third kappa shape index (κ3) is 3.98. The molecule has 1 fully saturated rings. The topological polar surface area (TPSA) is 71.3 Å². The monoisotopic (exact) mass is 324 g/mol. The van der Waals surface area contributed by atoms with Gasteiger partial charge in [0.2, 0.25) is 11.0 Å². The highest BCUT2D eigenvalue weighted by Gasteiger charge is 2.18. The molecule has 8 heteroatoms. The first-order chi connectivity index (χ1) is 10.3. The van der Waals surface area contributed by atoms with Gasteiger partial charge in [-0.1, -0.05) is 23.1 Å². The van der Waals surface area contributed by atoms with Gasteiger partial charge in [-0.15, -0.1) is 10.2 Å². The van der Waals surface area contributed by atoms with Gasteiger partial charge in [0.1, 0.15) is 5.76 Å². The maximum absolute atomic E-state index is 11.9. The minimum atomic E-state index is 0.192. The normalized spacial score (nSPS) is 14.6. The lowest BCUT2D eigenvalue weighted by atomic mass is 10.4. The van der Waals surface area contributed by atoms with E-state index in [4.69, 9.17) is 4.42 Å². The minimum Gasteiger partial charge on any atom is -0.467 e. The quantitative estimate of drug-likeness (QED) is 0.823. The molecule has 0 saturated carbocycles. The molecule has 2 aromatic rings. The molecule has 6 nitrogen and oxygen atoms in total. The first-order valence-electron chi connectivity index (χ1n) is 6.81. The van der Waals surface area contributed by atoms with Crippen molar-refractivity contribution in [1.29, 1.82) is 0 Å². The van der Waals surface area contributed by atoms with Crippen molar-refractivity contribution < 1.29 is 9.21 Å². The molecule has 0 bridgehead atoms. The summed E-state index contributed by atoms with van der Waals surface area (Å²) in [6.45, 7) is 2.37. The fraction of sp³-hybridized carbons (Fsp3) is 0.462. The van der Waals surface area contributed by atoms with Crippen LogP contribution in [0.2, 0.25) is 0 Å². The lowest BCUT2D eigenvalue weighted by molar-refractivity contribution is -0.127. The second-order valence-corrected chi connectivity index (χ2v) is 6.88. The molecule has 1 aliphatic heterocycles. The van der Waals surface area contributed by atoms with Crippen molar-refractivity contribution in [3.63, 3.8) is 0 Å². The third-order valence-corrected chi connectivity index (χ3v) is 5.18. The van der Waals surface area contributed by atoms with E-state index in [0.717, 1.165) is 41.2 Å². The van der Waals surface area contributed by atoms with Crippen LogP contribution < -0.4 is 5.32 Å². The van der Waals surface area contributed by atoms with Crippen molar-refractivity contribution in [2.75, 3.05) is 24.2 Å². The molecule has 0 aliphatic carbocycles. The molecule has 0 atom stereocenters. The maximum atomic E-state index is 11.9. The highest BCUT2D eigenvalue weighted by Crippen LogP contribution is 2.26. The maximum Gasteiger partial charge on any atom is 0.233 e. The molecule has 1 N–H and O–H groups in total. The van der Waals surface area contributed by atoms with E-state index in [-0.39, 0.29) is 5.91 Å². The van der Waals surface area contributed by atoms with E-state index in [1.54, 1.807) is 6.26 Å². The fourth-order valence-corrected chi connectivity index (χ4v) is 3.75. The molecular weight excluding hydrogens is 308 g/mol.